The van der Waals surface area contributed by atoms with Crippen LogP contribution in [0.1, 0.15) is 71.3 Å². The Bertz CT molecular complexity index is 2830. The summed E-state index contributed by atoms with van der Waals surface area (Å²) in [5.41, 5.74) is 0.0257. The third kappa shape index (κ3) is 9.59. The molecule has 0 radical (unpaired) electrons. The molecule has 4 heterocycles. The van der Waals surface area contributed by atoms with Crippen LogP contribution in [-0.2, 0) is 23.8 Å². The molecule has 10 atom stereocenters. The molecule has 378 valence electrons. The van der Waals surface area contributed by atoms with Crippen LogP contribution in [0.4, 0.5) is 11.4 Å². The number of ketones is 1. The fourth-order valence-corrected chi connectivity index (χ4v) is 9.95. The molecule has 18 heteroatoms. The molecule has 3 aliphatic heterocycles. The molecule has 1 saturated heterocycles. The van der Waals surface area contributed by atoms with Gasteiger partial charge in [-0.2, -0.15) is 0 Å². The molecule has 1 unspecified atom stereocenters. The van der Waals surface area contributed by atoms with Gasteiger partial charge in [-0.25, -0.2) is 4.98 Å². The van der Waals surface area contributed by atoms with Gasteiger partial charge in [0.15, 0.2) is 22.3 Å². The van der Waals surface area contributed by atoms with Crippen LogP contribution in [0.2, 0.25) is 0 Å². The average molecular weight is 971 g/mol. The number of aromatic hydroxyl groups is 1. The minimum Gasteiger partial charge on any atom is -0.505 e. The quantitative estimate of drug-likeness (QED) is 0.0668. The lowest BCUT2D eigenvalue weighted by molar-refractivity contribution is -0.161. The Hall–Kier alpha value is -6.05. The maximum Gasteiger partial charge on any atom is 0.312 e. The zero-order chi connectivity index (χ0) is 51.1. The first kappa shape index (κ1) is 51.8. The third-order valence-corrected chi connectivity index (χ3v) is 14.6. The van der Waals surface area contributed by atoms with Crippen LogP contribution in [0, 0.1) is 36.5 Å². The second kappa shape index (κ2) is 20.7. The SMILES string of the molecule is COc1cc(N2CCN(CCO)CC2)cc2oc3c4c(O)c5c(=O)c(C)c6c(c5c3nc12)C(=O)[C@@](C)(O/C=C/[C@H](OC)[C@@H](C)C(OC(C)=O)[C@H](C)[C@H](O)[C@H](C)[C@@H](O)[C@@H](C)[C@H](C)/C=C/C=C(/C)C(=O)N4)O6. The number of rotatable bonds is 6. The van der Waals surface area contributed by atoms with Crippen molar-refractivity contribution in [3.63, 3.8) is 0 Å². The zero-order valence-electron chi connectivity index (χ0n) is 41.7. The summed E-state index contributed by atoms with van der Waals surface area (Å²) in [7, 11) is 2.92. The number of Topliss-reactive ketones (excluding diaryl/α,β-unsaturated/α-hetero) is 1. The van der Waals surface area contributed by atoms with E-state index < -0.39 is 76.8 Å². The van der Waals surface area contributed by atoms with E-state index in [1.165, 1.54) is 47.3 Å². The lowest BCUT2D eigenvalue weighted by Gasteiger charge is -2.38. The third-order valence-electron chi connectivity index (χ3n) is 14.6. The van der Waals surface area contributed by atoms with Crippen molar-refractivity contribution in [3.8, 4) is 17.2 Å². The van der Waals surface area contributed by atoms with E-state index in [9.17, 15) is 39.6 Å². The van der Waals surface area contributed by atoms with Crippen LogP contribution in [-0.4, -0.2) is 132 Å². The smallest absolute Gasteiger partial charge is 0.312 e. The minimum absolute atomic E-state index is 0.0244. The molecule has 18 nitrogen and oxygen atoms in total. The van der Waals surface area contributed by atoms with E-state index in [1.807, 2.05) is 26.0 Å². The first-order chi connectivity index (χ1) is 33.2. The lowest BCUT2D eigenvalue weighted by Crippen LogP contribution is -2.47. The molecule has 3 aliphatic rings. The first-order valence-corrected chi connectivity index (χ1v) is 23.7. The summed E-state index contributed by atoms with van der Waals surface area (Å²) in [4.78, 5) is 65.4. The van der Waals surface area contributed by atoms with E-state index in [0.29, 0.717) is 38.5 Å². The Morgan fingerprint density at radius 1 is 0.929 bits per heavy atom. The van der Waals surface area contributed by atoms with Gasteiger partial charge in [0, 0.05) is 106 Å². The van der Waals surface area contributed by atoms with Crippen LogP contribution in [0.15, 0.2) is 57.5 Å². The van der Waals surface area contributed by atoms with Gasteiger partial charge in [-0.05, 0) is 31.8 Å². The van der Waals surface area contributed by atoms with Gasteiger partial charge in [0.2, 0.25) is 0 Å². The highest BCUT2D eigenvalue weighted by molar-refractivity contribution is 6.26. The van der Waals surface area contributed by atoms with Crippen molar-refractivity contribution < 1.29 is 62.9 Å². The number of hydrogen-bond donors (Lipinski definition) is 5. The number of amides is 1. The molecule has 0 aliphatic carbocycles. The van der Waals surface area contributed by atoms with Crippen molar-refractivity contribution in [1.82, 2.24) is 9.88 Å². The van der Waals surface area contributed by atoms with Gasteiger partial charge in [0.1, 0.15) is 34.3 Å². The van der Waals surface area contributed by atoms with Crippen molar-refractivity contribution >= 4 is 62.0 Å². The standard InChI is InChI=1S/C52H66N4O14/c1-25-13-12-14-26(2)51(64)54-42-46(62)38-37(41-49(42)69-36-24-33(23-35(66-11)40(36)53-41)56-18-16-55(17-19-56)20-21-57)39-48(31(7)45(38)61)70-52(9,50(39)63)67-22-15-34(65-10)28(4)47(68-32(8)58)30(6)44(60)29(5)43(59)27(25)3/h12-15,22-25,27-30,34,43-44,47,57,59-60,62H,16-21H2,1-11H3,(H,54,64)/b13-12+,22-15+,26-14-/t25-,27+,28-,29-,30-,34+,43+,44-,47?,52+/m1/s1. The molecule has 4 aromatic rings. The van der Waals surface area contributed by atoms with Gasteiger partial charge < -0.3 is 58.7 Å². The Morgan fingerprint density at radius 2 is 1.61 bits per heavy atom. The minimum atomic E-state index is -2.08. The number of nitrogens with one attached hydrogen (secondary N) is 1. The molecule has 3 aromatic carbocycles. The monoisotopic (exact) mass is 970 g/mol. The summed E-state index contributed by atoms with van der Waals surface area (Å²) in [5, 5.41) is 47.5. The summed E-state index contributed by atoms with van der Waals surface area (Å²) in [6.07, 6.45) is 3.93. The summed E-state index contributed by atoms with van der Waals surface area (Å²) >= 11 is 0. The Morgan fingerprint density at radius 3 is 2.26 bits per heavy atom. The van der Waals surface area contributed by atoms with Gasteiger partial charge in [0.25, 0.3) is 11.7 Å². The number of β-amino-alcohol motifs (C(OH)–C–C–N with tert-alkyl or cyclic N) is 1. The predicted octanol–water partition coefficient (Wildman–Crippen LogP) is 5.76. The molecule has 1 fully saturated rings. The van der Waals surface area contributed by atoms with E-state index in [0.717, 1.165) is 5.69 Å². The summed E-state index contributed by atoms with van der Waals surface area (Å²) in [6.45, 7) is 17.9. The Kier molecular flexibility index (Phi) is 15.3. The molecular weight excluding hydrogens is 905 g/mol. The van der Waals surface area contributed by atoms with Crippen molar-refractivity contribution in [3.05, 3.63) is 69.6 Å². The molecular formula is C52H66N4O14. The van der Waals surface area contributed by atoms with Crippen LogP contribution in [0.25, 0.3) is 33.0 Å². The van der Waals surface area contributed by atoms with E-state index in [4.69, 9.17) is 33.1 Å². The summed E-state index contributed by atoms with van der Waals surface area (Å²) < 4.78 is 36.6. The number of esters is 1. The zero-order valence-corrected chi connectivity index (χ0v) is 41.7. The Balaban J connectivity index is 1.44. The van der Waals surface area contributed by atoms with Crippen LogP contribution < -0.4 is 25.1 Å². The number of ether oxygens (including phenoxy) is 5. The highest BCUT2D eigenvalue weighted by Gasteiger charge is 2.50. The number of anilines is 2. The lowest BCUT2D eigenvalue weighted by atomic mass is 9.76. The number of hydrogen-bond acceptors (Lipinski definition) is 17. The van der Waals surface area contributed by atoms with Gasteiger partial charge in [-0.1, -0.05) is 52.8 Å². The maximum absolute atomic E-state index is 14.9. The fraction of sp³-hybridized carbons (Fsp3) is 0.519. The molecule has 0 saturated carbocycles. The highest BCUT2D eigenvalue weighted by Crippen LogP contribution is 2.49. The first-order valence-electron chi connectivity index (χ1n) is 23.7. The van der Waals surface area contributed by atoms with Gasteiger partial charge in [-0.3, -0.25) is 24.1 Å². The van der Waals surface area contributed by atoms with Crippen LogP contribution in [0.3, 0.4) is 0 Å². The number of carbonyl (C=O) groups is 3. The van der Waals surface area contributed by atoms with Gasteiger partial charge in [0.05, 0.1) is 49.2 Å². The number of aliphatic hydroxyl groups excluding tert-OH is 3. The maximum atomic E-state index is 14.9. The fourth-order valence-electron chi connectivity index (χ4n) is 9.95. The number of piperazine rings is 1. The molecule has 1 amide bonds. The van der Waals surface area contributed by atoms with Gasteiger partial charge in [-0.15, -0.1) is 0 Å². The normalized spacial score (nSPS) is 30.1. The van der Waals surface area contributed by atoms with Crippen LogP contribution >= 0.6 is 0 Å². The molecule has 4 bridgehead atoms. The number of carbonyl (C=O) groups excluding carboxylic acids is 3. The van der Waals surface area contributed by atoms with E-state index in [1.54, 1.807) is 45.9 Å². The van der Waals surface area contributed by atoms with E-state index >= 15 is 0 Å². The number of nitrogens with zero attached hydrogens (tertiary/aromatic N) is 3. The summed E-state index contributed by atoms with van der Waals surface area (Å²) in [5.74, 6) is -7.14. The summed E-state index contributed by atoms with van der Waals surface area (Å²) in [6, 6.07) is 3.58. The van der Waals surface area contributed by atoms with Crippen molar-refractivity contribution in [2.24, 2.45) is 29.6 Å². The van der Waals surface area contributed by atoms with Crippen molar-refractivity contribution in [2.45, 2.75) is 92.5 Å². The second-order valence-corrected chi connectivity index (χ2v) is 19.1. The van der Waals surface area contributed by atoms with E-state index in [2.05, 4.69) is 15.1 Å². The number of methoxy groups -OCH3 is 2. The van der Waals surface area contributed by atoms with Crippen molar-refractivity contribution in [1.29, 1.82) is 0 Å². The topological polar surface area (TPSA) is 240 Å². The second-order valence-electron chi connectivity index (χ2n) is 19.1. The van der Waals surface area contributed by atoms with E-state index in [-0.39, 0.29) is 79.6 Å². The molecule has 5 N–H and O–H groups in total. The van der Waals surface area contributed by atoms with Crippen molar-refractivity contribution in [2.75, 3.05) is 63.8 Å². The van der Waals surface area contributed by atoms with Crippen LogP contribution in [0.5, 0.6) is 17.2 Å². The molecule has 70 heavy (non-hydrogen) atoms. The number of phenols is 1. The number of fused-ring (bicyclic) bond motifs is 2. The highest BCUT2D eigenvalue weighted by atomic mass is 16.7. The molecule has 0 spiro atoms. The predicted molar refractivity (Wildman–Crippen MR) is 263 cm³/mol. The van der Waals surface area contributed by atoms with Gasteiger partial charge >= 0.3 is 11.8 Å². The Labute approximate surface area is 406 Å². The number of phenolic OH excluding ortho intramolecular Hbond substituents is 1. The largest absolute Gasteiger partial charge is 0.505 e. The molecule has 7 rings (SSSR count). The number of benzene rings is 3. The number of aliphatic hydroxyl groups is 3. The number of allylic oxidation sites excluding steroid dienone is 3. The average Bonchev–Trinajstić information content (AvgIpc) is 3.61. The number of aromatic nitrogens is 1. The molecule has 1 aromatic heterocycles.